The van der Waals surface area contributed by atoms with E-state index in [9.17, 15) is 4.79 Å². The first kappa shape index (κ1) is 16.3. The van der Waals surface area contributed by atoms with E-state index in [0.29, 0.717) is 0 Å². The number of aromatic nitrogens is 2. The van der Waals surface area contributed by atoms with E-state index in [0.717, 1.165) is 21.9 Å². The Bertz CT molecular complexity index is 722. The highest BCUT2D eigenvalue weighted by atomic mass is 79.9. The van der Waals surface area contributed by atoms with Gasteiger partial charge in [-0.2, -0.15) is 0 Å². The lowest BCUT2D eigenvalue weighted by molar-refractivity contribution is 0.320. The van der Waals surface area contributed by atoms with Gasteiger partial charge in [-0.15, -0.1) is 0 Å². The molecule has 21 heavy (non-hydrogen) atoms. The third-order valence-corrected chi connectivity index (χ3v) is 4.62. The van der Waals surface area contributed by atoms with Crippen LogP contribution in [0.4, 0.5) is 0 Å². The van der Waals surface area contributed by atoms with Gasteiger partial charge in [-0.3, -0.25) is 9.13 Å². The molecule has 0 spiro atoms. The largest absolute Gasteiger partial charge is 0.328 e. The molecule has 2 aromatic rings. The SMILES string of the molecule is CNC(CC(C)(C)C)c1cc2c(cc1Br)n(C)c(=O)n2C. The molecule has 0 aliphatic heterocycles. The van der Waals surface area contributed by atoms with Crippen LogP contribution in [0.3, 0.4) is 0 Å². The van der Waals surface area contributed by atoms with Gasteiger partial charge in [0.25, 0.3) is 0 Å². The number of hydrogen-bond acceptors (Lipinski definition) is 2. The zero-order chi connectivity index (χ0) is 15.9. The summed E-state index contributed by atoms with van der Waals surface area (Å²) >= 11 is 3.67. The molecule has 1 atom stereocenters. The number of nitrogens with zero attached hydrogens (tertiary/aromatic N) is 2. The molecule has 0 aliphatic rings. The Hall–Kier alpha value is -1.07. The van der Waals surface area contributed by atoms with Gasteiger partial charge in [0.1, 0.15) is 0 Å². The minimum Gasteiger partial charge on any atom is -0.313 e. The van der Waals surface area contributed by atoms with Gasteiger partial charge in [0.2, 0.25) is 0 Å². The molecule has 1 unspecified atom stereocenters. The third-order valence-electron chi connectivity index (χ3n) is 3.93. The molecule has 116 valence electrons. The number of fused-ring (bicyclic) bond motifs is 1. The maximum Gasteiger partial charge on any atom is 0.328 e. The summed E-state index contributed by atoms with van der Waals surface area (Å²) in [6.45, 7) is 6.71. The van der Waals surface area contributed by atoms with E-state index in [1.165, 1.54) is 5.56 Å². The number of hydrogen-bond donors (Lipinski definition) is 1. The monoisotopic (exact) mass is 353 g/mol. The lowest BCUT2D eigenvalue weighted by atomic mass is 9.85. The second-order valence-electron chi connectivity index (χ2n) is 6.87. The van der Waals surface area contributed by atoms with Crippen LogP contribution in [-0.2, 0) is 14.1 Å². The Morgan fingerprint density at radius 2 is 1.71 bits per heavy atom. The number of nitrogens with one attached hydrogen (secondary N) is 1. The van der Waals surface area contributed by atoms with E-state index < -0.39 is 0 Å². The van der Waals surface area contributed by atoms with Crippen molar-refractivity contribution < 1.29 is 0 Å². The Kier molecular flexibility index (Phi) is 4.36. The molecule has 1 aromatic heterocycles. The fourth-order valence-corrected chi connectivity index (χ4v) is 3.39. The maximum atomic E-state index is 12.1. The van der Waals surface area contributed by atoms with Crippen LogP contribution in [0, 0.1) is 5.41 Å². The summed E-state index contributed by atoms with van der Waals surface area (Å²) in [5, 5.41) is 3.40. The molecule has 0 radical (unpaired) electrons. The Balaban J connectivity index is 2.61. The van der Waals surface area contributed by atoms with E-state index in [-0.39, 0.29) is 17.1 Å². The third kappa shape index (κ3) is 3.09. The second-order valence-corrected chi connectivity index (χ2v) is 7.72. The van der Waals surface area contributed by atoms with Gasteiger partial charge in [-0.05, 0) is 36.6 Å². The molecule has 0 aliphatic carbocycles. The van der Waals surface area contributed by atoms with Crippen molar-refractivity contribution >= 4 is 27.0 Å². The summed E-state index contributed by atoms with van der Waals surface area (Å²) in [5.74, 6) is 0. The predicted molar refractivity (Wildman–Crippen MR) is 91.7 cm³/mol. The Morgan fingerprint density at radius 3 is 2.19 bits per heavy atom. The molecular formula is C16H24BrN3O. The van der Waals surface area contributed by atoms with E-state index in [4.69, 9.17) is 0 Å². The molecule has 0 amide bonds. The maximum absolute atomic E-state index is 12.1. The van der Waals surface area contributed by atoms with Crippen molar-refractivity contribution in [2.45, 2.75) is 33.2 Å². The first-order valence-corrected chi connectivity index (χ1v) is 7.97. The van der Waals surface area contributed by atoms with Crippen molar-refractivity contribution in [3.8, 4) is 0 Å². The lowest BCUT2D eigenvalue weighted by Crippen LogP contribution is -2.23. The smallest absolute Gasteiger partial charge is 0.313 e. The molecule has 1 aromatic carbocycles. The van der Waals surface area contributed by atoms with Crippen LogP contribution < -0.4 is 11.0 Å². The normalized spacial score (nSPS) is 13.9. The fourth-order valence-electron chi connectivity index (χ4n) is 2.78. The average molecular weight is 354 g/mol. The van der Waals surface area contributed by atoms with Crippen molar-refractivity contribution in [1.82, 2.24) is 14.5 Å². The molecule has 1 heterocycles. The molecule has 0 saturated carbocycles. The summed E-state index contributed by atoms with van der Waals surface area (Å²) in [4.78, 5) is 12.1. The van der Waals surface area contributed by atoms with E-state index >= 15 is 0 Å². The van der Waals surface area contributed by atoms with Gasteiger partial charge in [0.05, 0.1) is 11.0 Å². The van der Waals surface area contributed by atoms with Crippen LogP contribution >= 0.6 is 15.9 Å². The minimum absolute atomic E-state index is 0.00544. The first-order valence-electron chi connectivity index (χ1n) is 7.18. The molecular weight excluding hydrogens is 330 g/mol. The number of rotatable bonds is 3. The molecule has 1 N–H and O–H groups in total. The average Bonchev–Trinajstić information content (AvgIpc) is 2.59. The van der Waals surface area contributed by atoms with Gasteiger partial charge < -0.3 is 5.32 Å². The topological polar surface area (TPSA) is 39.0 Å². The number of halogens is 1. The molecule has 2 rings (SSSR count). The van der Waals surface area contributed by atoms with Crippen LogP contribution in [0.2, 0.25) is 0 Å². The van der Waals surface area contributed by atoms with Gasteiger partial charge in [-0.25, -0.2) is 4.79 Å². The molecule has 0 fully saturated rings. The summed E-state index contributed by atoms with van der Waals surface area (Å²) < 4.78 is 4.43. The van der Waals surface area contributed by atoms with E-state index in [2.05, 4.69) is 48.1 Å². The van der Waals surface area contributed by atoms with Gasteiger partial charge >= 0.3 is 5.69 Å². The van der Waals surface area contributed by atoms with Crippen LogP contribution in [-0.4, -0.2) is 16.2 Å². The zero-order valence-electron chi connectivity index (χ0n) is 13.6. The fraction of sp³-hybridized carbons (Fsp3) is 0.562. The van der Waals surface area contributed by atoms with Gasteiger partial charge in [0.15, 0.2) is 0 Å². The Morgan fingerprint density at radius 1 is 1.19 bits per heavy atom. The molecule has 4 nitrogen and oxygen atoms in total. The quantitative estimate of drug-likeness (QED) is 0.918. The van der Waals surface area contributed by atoms with Crippen molar-refractivity contribution in [2.75, 3.05) is 7.05 Å². The van der Waals surface area contributed by atoms with Gasteiger partial charge in [-0.1, -0.05) is 36.7 Å². The van der Waals surface area contributed by atoms with Crippen LogP contribution in [0.1, 0.15) is 38.8 Å². The summed E-state index contributed by atoms with van der Waals surface area (Å²) in [5.41, 5.74) is 3.34. The highest BCUT2D eigenvalue weighted by Gasteiger charge is 2.22. The standard InChI is InChI=1S/C16H24BrN3O/c1-16(2,3)9-12(18-4)10-7-13-14(8-11(10)17)20(6)15(21)19(13)5/h7-8,12,18H,9H2,1-6H3. The van der Waals surface area contributed by atoms with Crippen LogP contribution in [0.5, 0.6) is 0 Å². The van der Waals surface area contributed by atoms with E-state index in [1.807, 2.05) is 27.2 Å². The highest BCUT2D eigenvalue weighted by Crippen LogP contribution is 2.34. The van der Waals surface area contributed by atoms with Crippen molar-refractivity contribution in [1.29, 1.82) is 0 Å². The molecule has 0 saturated heterocycles. The van der Waals surface area contributed by atoms with Crippen LogP contribution in [0.15, 0.2) is 21.4 Å². The molecule has 5 heteroatoms. The zero-order valence-corrected chi connectivity index (χ0v) is 15.2. The highest BCUT2D eigenvalue weighted by molar-refractivity contribution is 9.10. The molecule has 0 bridgehead atoms. The van der Waals surface area contributed by atoms with Crippen LogP contribution in [0.25, 0.3) is 11.0 Å². The number of aryl methyl sites for hydroxylation is 2. The predicted octanol–water partition coefficient (Wildman–Crippen LogP) is 3.34. The number of imidazole rings is 1. The number of benzene rings is 1. The van der Waals surface area contributed by atoms with E-state index in [1.54, 1.807) is 9.13 Å². The Labute approximate surface area is 134 Å². The lowest BCUT2D eigenvalue weighted by Gasteiger charge is -2.27. The van der Waals surface area contributed by atoms with Crippen molar-refractivity contribution in [3.63, 3.8) is 0 Å². The summed E-state index contributed by atoms with van der Waals surface area (Å²) in [6, 6.07) is 4.41. The van der Waals surface area contributed by atoms with Gasteiger partial charge in [0, 0.05) is 24.6 Å². The first-order chi connectivity index (χ1) is 9.65. The summed E-state index contributed by atoms with van der Waals surface area (Å²) in [7, 11) is 5.61. The minimum atomic E-state index is 0.00544. The van der Waals surface area contributed by atoms with Crippen molar-refractivity contribution in [2.24, 2.45) is 19.5 Å². The summed E-state index contributed by atoms with van der Waals surface area (Å²) in [6.07, 6.45) is 1.02. The second kappa shape index (κ2) is 5.61. The van der Waals surface area contributed by atoms with Crippen molar-refractivity contribution in [3.05, 3.63) is 32.7 Å².